The highest BCUT2D eigenvalue weighted by molar-refractivity contribution is 6.40. The van der Waals surface area contributed by atoms with Gasteiger partial charge in [0, 0.05) is 50.6 Å². The molecule has 0 heterocycles. The molecule has 0 N–H and O–H groups in total. The number of fused-ring (bicyclic) bond motifs is 1. The second kappa shape index (κ2) is 8.48. The van der Waals surface area contributed by atoms with Crippen LogP contribution in [-0.2, 0) is 15.6 Å². The lowest BCUT2D eigenvalue weighted by molar-refractivity contribution is -0.115. The number of hydrogen-bond donors (Lipinski definition) is 0. The number of anilines is 2. The lowest BCUT2D eigenvalue weighted by Gasteiger charge is -2.24. The minimum Gasteiger partial charge on any atom is -0.378 e. The second-order valence-electron chi connectivity index (χ2n) is 10.7. The van der Waals surface area contributed by atoms with E-state index in [1.54, 1.807) is 0 Å². The fourth-order valence-electron chi connectivity index (χ4n) is 6.41. The van der Waals surface area contributed by atoms with Gasteiger partial charge in [-0.05, 0) is 58.5 Å². The molecule has 2 unspecified atom stereocenters. The molecule has 0 bridgehead atoms. The zero-order valence-electron chi connectivity index (χ0n) is 21.9. The van der Waals surface area contributed by atoms with Crippen molar-refractivity contribution >= 4 is 28.3 Å². The molecule has 1 saturated carbocycles. The van der Waals surface area contributed by atoms with E-state index in [0.717, 1.165) is 45.6 Å². The summed E-state index contributed by atoms with van der Waals surface area (Å²) in [5.74, 6) is 0.230. The molecular weight excluding hydrogens is 452 g/mol. The minimum absolute atomic E-state index is 0.230. The van der Waals surface area contributed by atoms with Crippen LogP contribution in [0, 0.1) is 0 Å². The van der Waals surface area contributed by atoms with E-state index in [1.807, 2.05) is 24.3 Å². The maximum absolute atomic E-state index is 14.7. The molecule has 0 aliphatic heterocycles. The van der Waals surface area contributed by atoms with Crippen LogP contribution in [-0.4, -0.2) is 34.0 Å². The third-order valence-electron chi connectivity index (χ3n) is 8.30. The molecule has 3 heteroatoms. The summed E-state index contributed by atoms with van der Waals surface area (Å²) in [7, 11) is 8.22. The monoisotopic (exact) mass is 484 g/mol. The highest BCUT2D eigenvalue weighted by Gasteiger charge is 2.79. The first-order chi connectivity index (χ1) is 17.9. The molecule has 1 fully saturated rings. The molecule has 4 aromatic rings. The Hall–Kier alpha value is -4.11. The Labute approximate surface area is 219 Å². The molecule has 4 aromatic carbocycles. The van der Waals surface area contributed by atoms with Gasteiger partial charge in [0.2, 0.25) is 0 Å². The summed E-state index contributed by atoms with van der Waals surface area (Å²) in [5, 5.41) is 0. The molecule has 0 aromatic heterocycles. The molecule has 3 nitrogen and oxygen atoms in total. The fourth-order valence-corrected chi connectivity index (χ4v) is 6.41. The zero-order valence-corrected chi connectivity index (χ0v) is 21.9. The van der Waals surface area contributed by atoms with Crippen LogP contribution in [0.5, 0.6) is 0 Å². The van der Waals surface area contributed by atoms with Gasteiger partial charge in [0.15, 0.2) is 5.78 Å². The summed E-state index contributed by atoms with van der Waals surface area (Å²) in [5.41, 5.74) is 7.69. The van der Waals surface area contributed by atoms with E-state index < -0.39 is 10.8 Å². The Bertz CT molecular complexity index is 1490. The van der Waals surface area contributed by atoms with Gasteiger partial charge in [0.05, 0.1) is 5.41 Å². The number of nitrogens with zero attached hydrogens (tertiary/aromatic N) is 2. The van der Waals surface area contributed by atoms with Crippen molar-refractivity contribution in [3.8, 4) is 0 Å². The Morgan fingerprint density at radius 3 is 1.57 bits per heavy atom. The summed E-state index contributed by atoms with van der Waals surface area (Å²) in [6.07, 6.45) is 0.783. The van der Waals surface area contributed by atoms with Crippen LogP contribution in [0.15, 0.2) is 109 Å². The highest BCUT2D eigenvalue weighted by Crippen LogP contribution is 2.77. The molecule has 0 radical (unpaired) electrons. The maximum Gasteiger partial charge on any atom is 0.175 e. The molecule has 0 amide bonds. The van der Waals surface area contributed by atoms with Crippen LogP contribution >= 0.6 is 0 Å². The largest absolute Gasteiger partial charge is 0.378 e. The second-order valence-corrected chi connectivity index (χ2v) is 10.7. The van der Waals surface area contributed by atoms with Gasteiger partial charge >= 0.3 is 0 Å². The molecule has 0 spiro atoms. The Morgan fingerprint density at radius 1 is 0.541 bits per heavy atom. The normalized spacial score (nSPS) is 22.1. The predicted molar refractivity (Wildman–Crippen MR) is 154 cm³/mol. The van der Waals surface area contributed by atoms with E-state index in [-0.39, 0.29) is 5.78 Å². The van der Waals surface area contributed by atoms with Crippen LogP contribution in [0.2, 0.25) is 0 Å². The first kappa shape index (κ1) is 23.3. The van der Waals surface area contributed by atoms with E-state index in [1.165, 1.54) is 5.56 Å². The molecule has 37 heavy (non-hydrogen) atoms. The maximum atomic E-state index is 14.7. The zero-order chi connectivity index (χ0) is 25.8. The average molecular weight is 485 g/mol. The first-order valence-corrected chi connectivity index (χ1v) is 12.9. The van der Waals surface area contributed by atoms with E-state index >= 15 is 0 Å². The number of hydrogen-bond acceptors (Lipinski definition) is 3. The van der Waals surface area contributed by atoms with Crippen LogP contribution in [0.25, 0.3) is 11.1 Å². The third kappa shape index (κ3) is 3.30. The first-order valence-electron chi connectivity index (χ1n) is 12.9. The number of allylic oxidation sites excluding steroid dienone is 2. The summed E-state index contributed by atoms with van der Waals surface area (Å²) in [6, 6.07) is 38.1. The van der Waals surface area contributed by atoms with Crippen molar-refractivity contribution in [1.29, 1.82) is 0 Å². The Kier molecular flexibility index (Phi) is 5.34. The smallest absolute Gasteiger partial charge is 0.175 e. The van der Waals surface area contributed by atoms with Gasteiger partial charge in [0.25, 0.3) is 0 Å². The van der Waals surface area contributed by atoms with E-state index in [9.17, 15) is 4.79 Å². The van der Waals surface area contributed by atoms with Crippen molar-refractivity contribution < 1.29 is 4.79 Å². The van der Waals surface area contributed by atoms with E-state index in [4.69, 9.17) is 0 Å². The van der Waals surface area contributed by atoms with Crippen molar-refractivity contribution in [2.75, 3.05) is 38.0 Å². The van der Waals surface area contributed by atoms with Crippen molar-refractivity contribution in [1.82, 2.24) is 0 Å². The van der Waals surface area contributed by atoms with E-state index in [2.05, 4.69) is 123 Å². The molecule has 6 rings (SSSR count). The van der Waals surface area contributed by atoms with Crippen LogP contribution < -0.4 is 9.80 Å². The lowest BCUT2D eigenvalue weighted by atomic mass is 9.78. The standard InChI is InChI=1S/C34H32N2O/c1-35(2)28-19-15-25(16-20-28)31-30(24-11-7-5-8-12-24)32(37)34(26-13-9-6-10-14-26)23-33(31,34)27-17-21-29(22-18-27)36(3)4/h5-22H,23H2,1-4H3. The number of carbonyl (C=O) groups excluding carboxylic acids is 1. The van der Waals surface area contributed by atoms with Crippen LogP contribution in [0.3, 0.4) is 0 Å². The van der Waals surface area contributed by atoms with Gasteiger partial charge < -0.3 is 9.80 Å². The topological polar surface area (TPSA) is 23.6 Å². The van der Waals surface area contributed by atoms with Gasteiger partial charge in [-0.25, -0.2) is 0 Å². The van der Waals surface area contributed by atoms with Crippen molar-refractivity contribution in [3.05, 3.63) is 131 Å². The Morgan fingerprint density at radius 2 is 1.03 bits per heavy atom. The quantitative estimate of drug-likeness (QED) is 0.308. The lowest BCUT2D eigenvalue weighted by Crippen LogP contribution is -2.25. The number of rotatable bonds is 6. The van der Waals surface area contributed by atoms with Crippen molar-refractivity contribution in [2.45, 2.75) is 17.3 Å². The molecule has 184 valence electrons. The summed E-state index contributed by atoms with van der Waals surface area (Å²) >= 11 is 0. The van der Waals surface area contributed by atoms with Crippen molar-refractivity contribution in [2.24, 2.45) is 0 Å². The molecule has 0 saturated heterocycles. The SMILES string of the molecule is CN(C)c1ccc(C2=C(c3ccccc3)C(=O)C3(c4ccccc4)CC23c2ccc(N(C)C)cc2)cc1. The number of ketones is 1. The Balaban J connectivity index is 1.65. The number of Topliss-reactive ketones (excluding diaryl/α,β-unsaturated/α-hetero) is 1. The number of carbonyl (C=O) groups is 1. The molecular formula is C34H32N2O. The van der Waals surface area contributed by atoms with Gasteiger partial charge in [-0.1, -0.05) is 84.9 Å². The third-order valence-corrected chi connectivity index (χ3v) is 8.30. The summed E-state index contributed by atoms with van der Waals surface area (Å²) in [4.78, 5) is 18.9. The van der Waals surface area contributed by atoms with Gasteiger partial charge in [-0.3, -0.25) is 4.79 Å². The van der Waals surface area contributed by atoms with Gasteiger partial charge in [0.1, 0.15) is 0 Å². The summed E-state index contributed by atoms with van der Waals surface area (Å²) < 4.78 is 0. The molecule has 2 atom stereocenters. The average Bonchev–Trinajstić information content (AvgIpc) is 3.58. The molecule has 2 aliphatic carbocycles. The summed E-state index contributed by atoms with van der Waals surface area (Å²) in [6.45, 7) is 0. The van der Waals surface area contributed by atoms with Crippen LogP contribution in [0.1, 0.15) is 28.7 Å². The highest BCUT2D eigenvalue weighted by atomic mass is 16.1. The van der Waals surface area contributed by atoms with Crippen molar-refractivity contribution in [3.63, 3.8) is 0 Å². The fraction of sp³-hybridized carbons (Fsp3) is 0.206. The van der Waals surface area contributed by atoms with Gasteiger partial charge in [-0.15, -0.1) is 0 Å². The minimum atomic E-state index is -0.603. The van der Waals surface area contributed by atoms with E-state index in [0.29, 0.717) is 0 Å². The predicted octanol–water partition coefficient (Wildman–Crippen LogP) is 6.59. The number of benzene rings is 4. The molecule has 2 aliphatic rings. The van der Waals surface area contributed by atoms with Crippen LogP contribution in [0.4, 0.5) is 11.4 Å². The van der Waals surface area contributed by atoms with Gasteiger partial charge in [-0.2, -0.15) is 0 Å².